The molecule has 3 rings (SSSR count). The van der Waals surface area contributed by atoms with Gasteiger partial charge in [0.2, 0.25) is 0 Å². The Balaban J connectivity index is 1.70. The largest absolute Gasteiger partial charge is 0.497 e. The molecule has 7 nitrogen and oxygen atoms in total. The second-order valence-electron chi connectivity index (χ2n) is 6.82. The van der Waals surface area contributed by atoms with Crippen LogP contribution >= 0.6 is 0 Å². The second-order valence-corrected chi connectivity index (χ2v) is 6.82. The number of carboxylic acids is 1. The van der Waals surface area contributed by atoms with Gasteiger partial charge in [0, 0.05) is 32.7 Å². The van der Waals surface area contributed by atoms with Gasteiger partial charge in [0.15, 0.2) is 11.4 Å². The average Bonchev–Trinajstić information content (AvgIpc) is 2.98. The number of fused-ring (bicyclic) bond motifs is 1. The normalized spacial score (nSPS) is 16.5. The molecular weight excluding hydrogens is 310 g/mol. The van der Waals surface area contributed by atoms with Crippen LogP contribution in [0.1, 0.15) is 13.8 Å². The second kappa shape index (κ2) is 6.32. The van der Waals surface area contributed by atoms with E-state index in [4.69, 9.17) is 9.26 Å². The summed E-state index contributed by atoms with van der Waals surface area (Å²) < 4.78 is 10.7. The molecule has 0 radical (unpaired) electrons. The van der Waals surface area contributed by atoms with Crippen LogP contribution in [0.3, 0.4) is 0 Å². The fourth-order valence-electron chi connectivity index (χ4n) is 3.00. The SMILES string of the molecule is COc1ccc2onc(N3CCN(CC(C)(C)C(=O)O)CC3)c2c1. The Bertz CT molecular complexity index is 733. The zero-order valence-electron chi connectivity index (χ0n) is 14.3. The molecule has 1 aliphatic heterocycles. The number of carbonyl (C=O) groups is 1. The summed E-state index contributed by atoms with van der Waals surface area (Å²) in [6, 6.07) is 5.64. The summed E-state index contributed by atoms with van der Waals surface area (Å²) >= 11 is 0. The highest BCUT2D eigenvalue weighted by Gasteiger charge is 2.31. The van der Waals surface area contributed by atoms with Gasteiger partial charge in [-0.05, 0) is 32.0 Å². The van der Waals surface area contributed by atoms with Crippen LogP contribution in [0.5, 0.6) is 5.75 Å². The summed E-state index contributed by atoms with van der Waals surface area (Å²) in [4.78, 5) is 15.6. The van der Waals surface area contributed by atoms with Crippen LogP contribution < -0.4 is 9.64 Å². The molecule has 0 unspecified atom stereocenters. The van der Waals surface area contributed by atoms with Crippen LogP contribution in [0, 0.1) is 5.41 Å². The topological polar surface area (TPSA) is 79.0 Å². The Morgan fingerprint density at radius 1 is 1.33 bits per heavy atom. The predicted molar refractivity (Wildman–Crippen MR) is 90.6 cm³/mol. The molecule has 1 N–H and O–H groups in total. The van der Waals surface area contributed by atoms with Gasteiger partial charge >= 0.3 is 5.97 Å². The minimum Gasteiger partial charge on any atom is -0.497 e. The number of carboxylic acid groups (broad SMARTS) is 1. The molecule has 0 aliphatic carbocycles. The number of aromatic nitrogens is 1. The maximum atomic E-state index is 11.3. The molecule has 0 saturated carbocycles. The summed E-state index contributed by atoms with van der Waals surface area (Å²) in [5, 5.41) is 14.4. The van der Waals surface area contributed by atoms with Gasteiger partial charge in [-0.2, -0.15) is 0 Å². The molecule has 1 aromatic carbocycles. The molecule has 1 aliphatic rings. The number of ether oxygens (including phenoxy) is 1. The molecule has 1 fully saturated rings. The number of aliphatic carboxylic acids is 1. The zero-order chi connectivity index (χ0) is 17.3. The maximum absolute atomic E-state index is 11.3. The third-order valence-electron chi connectivity index (χ3n) is 4.53. The minimum absolute atomic E-state index is 0.545. The molecule has 2 aromatic rings. The van der Waals surface area contributed by atoms with Crippen molar-refractivity contribution in [2.45, 2.75) is 13.8 Å². The van der Waals surface area contributed by atoms with Crippen LogP contribution in [0.4, 0.5) is 5.82 Å². The Labute approximate surface area is 140 Å². The smallest absolute Gasteiger partial charge is 0.310 e. The average molecular weight is 333 g/mol. The van der Waals surface area contributed by atoms with E-state index in [0.29, 0.717) is 6.54 Å². The van der Waals surface area contributed by atoms with E-state index in [1.165, 1.54) is 0 Å². The number of benzene rings is 1. The first-order chi connectivity index (χ1) is 11.4. The third-order valence-corrected chi connectivity index (χ3v) is 4.53. The lowest BCUT2D eigenvalue weighted by atomic mass is 9.93. The molecule has 130 valence electrons. The summed E-state index contributed by atoms with van der Waals surface area (Å²) in [5.41, 5.74) is -0.00362. The number of piperazine rings is 1. The molecule has 1 saturated heterocycles. The lowest BCUT2D eigenvalue weighted by molar-refractivity contribution is -0.148. The van der Waals surface area contributed by atoms with Crippen LogP contribution in [-0.2, 0) is 4.79 Å². The molecule has 24 heavy (non-hydrogen) atoms. The number of rotatable bonds is 5. The molecule has 7 heteroatoms. The van der Waals surface area contributed by atoms with Gasteiger partial charge in [-0.25, -0.2) is 0 Å². The van der Waals surface area contributed by atoms with Gasteiger partial charge in [-0.15, -0.1) is 0 Å². The Kier molecular flexibility index (Phi) is 4.36. The van der Waals surface area contributed by atoms with Crippen molar-refractivity contribution in [2.24, 2.45) is 5.41 Å². The fourth-order valence-corrected chi connectivity index (χ4v) is 3.00. The van der Waals surface area contributed by atoms with Gasteiger partial charge < -0.3 is 19.3 Å². The molecular formula is C17H23N3O4. The van der Waals surface area contributed by atoms with Gasteiger partial charge in [-0.1, -0.05) is 5.16 Å². The monoisotopic (exact) mass is 333 g/mol. The van der Waals surface area contributed by atoms with Crippen molar-refractivity contribution in [3.8, 4) is 5.75 Å². The number of hydrogen-bond acceptors (Lipinski definition) is 6. The van der Waals surface area contributed by atoms with Crippen molar-refractivity contribution in [2.75, 3.05) is 44.7 Å². The Morgan fingerprint density at radius 2 is 2.04 bits per heavy atom. The van der Waals surface area contributed by atoms with Gasteiger partial charge in [0.05, 0.1) is 17.9 Å². The molecule has 0 atom stereocenters. The highest BCUT2D eigenvalue weighted by molar-refractivity contribution is 5.89. The summed E-state index contributed by atoms with van der Waals surface area (Å²) in [5.74, 6) is 0.828. The van der Waals surface area contributed by atoms with Crippen molar-refractivity contribution in [3.05, 3.63) is 18.2 Å². The highest BCUT2D eigenvalue weighted by atomic mass is 16.5. The van der Waals surface area contributed by atoms with E-state index < -0.39 is 11.4 Å². The first kappa shape index (κ1) is 16.6. The first-order valence-corrected chi connectivity index (χ1v) is 8.05. The standard InChI is InChI=1S/C17H23N3O4/c1-17(2,16(21)22)11-19-6-8-20(9-7-19)15-13-10-12(23-3)4-5-14(13)24-18-15/h4-5,10H,6-9,11H2,1-3H3,(H,21,22). The predicted octanol–water partition coefficient (Wildman–Crippen LogP) is 2.07. The summed E-state index contributed by atoms with van der Waals surface area (Å²) in [6.45, 7) is 7.24. The molecule has 1 aromatic heterocycles. The van der Waals surface area contributed by atoms with E-state index in [9.17, 15) is 9.90 Å². The number of hydrogen-bond donors (Lipinski definition) is 1. The number of methoxy groups -OCH3 is 1. The lowest BCUT2D eigenvalue weighted by Crippen LogP contribution is -2.50. The molecule has 0 spiro atoms. The Morgan fingerprint density at radius 3 is 2.67 bits per heavy atom. The van der Waals surface area contributed by atoms with E-state index >= 15 is 0 Å². The van der Waals surface area contributed by atoms with Gasteiger partial charge in [0.25, 0.3) is 0 Å². The number of anilines is 1. The van der Waals surface area contributed by atoms with Crippen LogP contribution in [0.25, 0.3) is 11.0 Å². The first-order valence-electron chi connectivity index (χ1n) is 8.05. The lowest BCUT2D eigenvalue weighted by Gasteiger charge is -2.37. The van der Waals surface area contributed by atoms with Gasteiger partial charge in [-0.3, -0.25) is 9.69 Å². The fraction of sp³-hybridized carbons (Fsp3) is 0.529. The molecule has 0 amide bonds. The van der Waals surface area contributed by atoms with Gasteiger partial charge in [0.1, 0.15) is 5.75 Å². The van der Waals surface area contributed by atoms with Crippen molar-refractivity contribution in [3.63, 3.8) is 0 Å². The van der Waals surface area contributed by atoms with Crippen molar-refractivity contribution in [1.29, 1.82) is 0 Å². The summed E-state index contributed by atoms with van der Waals surface area (Å²) in [7, 11) is 1.64. The van der Waals surface area contributed by atoms with Crippen LogP contribution in [-0.4, -0.2) is 61.0 Å². The van der Waals surface area contributed by atoms with Crippen LogP contribution in [0.2, 0.25) is 0 Å². The van der Waals surface area contributed by atoms with Crippen LogP contribution in [0.15, 0.2) is 22.7 Å². The van der Waals surface area contributed by atoms with E-state index in [-0.39, 0.29) is 0 Å². The zero-order valence-corrected chi connectivity index (χ0v) is 14.3. The quantitative estimate of drug-likeness (QED) is 0.897. The molecule has 0 bridgehead atoms. The highest BCUT2D eigenvalue weighted by Crippen LogP contribution is 2.30. The van der Waals surface area contributed by atoms with E-state index in [2.05, 4.69) is 15.0 Å². The minimum atomic E-state index is -0.764. The Hall–Kier alpha value is -2.28. The van der Waals surface area contributed by atoms with Crippen molar-refractivity contribution < 1.29 is 19.2 Å². The number of nitrogens with zero attached hydrogens (tertiary/aromatic N) is 3. The van der Waals surface area contributed by atoms with E-state index in [0.717, 1.165) is 48.7 Å². The van der Waals surface area contributed by atoms with Crippen molar-refractivity contribution in [1.82, 2.24) is 10.1 Å². The molecule has 2 heterocycles. The van der Waals surface area contributed by atoms with Crippen molar-refractivity contribution >= 4 is 22.8 Å². The maximum Gasteiger partial charge on any atom is 0.310 e. The van der Waals surface area contributed by atoms with E-state index in [1.807, 2.05) is 18.2 Å². The van der Waals surface area contributed by atoms with E-state index in [1.54, 1.807) is 21.0 Å². The third kappa shape index (κ3) is 3.17. The summed E-state index contributed by atoms with van der Waals surface area (Å²) in [6.07, 6.45) is 0.